The van der Waals surface area contributed by atoms with Gasteiger partial charge in [-0.1, -0.05) is 48.5 Å². The van der Waals surface area contributed by atoms with Gasteiger partial charge in [0, 0.05) is 12.6 Å². The van der Waals surface area contributed by atoms with Gasteiger partial charge in [-0.3, -0.25) is 9.59 Å². The van der Waals surface area contributed by atoms with E-state index in [1.807, 2.05) is 43.3 Å². The number of rotatable bonds is 6. The van der Waals surface area contributed by atoms with E-state index in [1.54, 1.807) is 4.90 Å². The Morgan fingerprint density at radius 3 is 2.31 bits per heavy atom. The highest BCUT2D eigenvalue weighted by Gasteiger charge is 2.45. The molecule has 0 saturated carbocycles. The number of amides is 2. The number of aryl methyl sites for hydroxylation is 2. The first-order chi connectivity index (χ1) is 15.5. The van der Waals surface area contributed by atoms with Crippen LogP contribution in [0, 0.1) is 11.3 Å². The van der Waals surface area contributed by atoms with E-state index in [4.69, 9.17) is 5.73 Å². The third kappa shape index (κ3) is 3.89. The molecule has 4 rings (SSSR count). The number of hydrogen-bond acceptors (Lipinski definition) is 4. The molecule has 6 heteroatoms. The molecule has 2 aromatic carbocycles. The van der Waals surface area contributed by atoms with Gasteiger partial charge in [0.15, 0.2) is 0 Å². The Morgan fingerprint density at radius 1 is 1.16 bits per heavy atom. The average molecular weight is 431 g/mol. The maximum atomic E-state index is 13.2. The Hall–Kier alpha value is -3.17. The minimum Gasteiger partial charge on any atom is -0.369 e. The van der Waals surface area contributed by atoms with Crippen molar-refractivity contribution in [1.82, 2.24) is 10.2 Å². The smallest absolute Gasteiger partial charge is 0.237 e. The summed E-state index contributed by atoms with van der Waals surface area (Å²) in [6.07, 6.45) is 3.75. The predicted octanol–water partition coefficient (Wildman–Crippen LogP) is 2.44. The monoisotopic (exact) mass is 430 g/mol. The van der Waals surface area contributed by atoms with E-state index < -0.39 is 5.41 Å². The molecular weight excluding hydrogens is 400 g/mol. The van der Waals surface area contributed by atoms with Crippen LogP contribution in [0.15, 0.2) is 48.5 Å². The Balaban J connectivity index is 1.62. The van der Waals surface area contributed by atoms with E-state index in [-0.39, 0.29) is 30.4 Å². The Kier molecular flexibility index (Phi) is 6.29. The van der Waals surface area contributed by atoms with Crippen LogP contribution in [0.3, 0.4) is 0 Å². The average Bonchev–Trinajstić information content (AvgIpc) is 3.24. The number of fused-ring (bicyclic) bond motifs is 2. The van der Waals surface area contributed by atoms with Gasteiger partial charge < -0.3 is 16.0 Å². The molecule has 0 radical (unpaired) electrons. The highest BCUT2D eigenvalue weighted by molar-refractivity contribution is 5.92. The number of carbonyl (C=O) groups is 2. The lowest BCUT2D eigenvalue weighted by molar-refractivity contribution is -0.130. The number of nitriles is 1. The zero-order valence-corrected chi connectivity index (χ0v) is 18.5. The maximum absolute atomic E-state index is 13.2. The third-order valence-corrected chi connectivity index (χ3v) is 6.97. The summed E-state index contributed by atoms with van der Waals surface area (Å²) >= 11 is 0. The van der Waals surface area contributed by atoms with Crippen molar-refractivity contribution < 1.29 is 9.59 Å². The molecule has 2 aliphatic rings. The normalized spacial score (nSPS) is 19.9. The van der Waals surface area contributed by atoms with Gasteiger partial charge in [0.25, 0.3) is 0 Å². The van der Waals surface area contributed by atoms with Crippen LogP contribution < -0.4 is 11.1 Å². The summed E-state index contributed by atoms with van der Waals surface area (Å²) in [5.74, 6) is -0.445. The van der Waals surface area contributed by atoms with Gasteiger partial charge in [-0.15, -0.1) is 0 Å². The van der Waals surface area contributed by atoms with Crippen molar-refractivity contribution in [3.05, 3.63) is 70.8 Å². The second-order valence-corrected chi connectivity index (χ2v) is 8.94. The van der Waals surface area contributed by atoms with Crippen LogP contribution in [-0.4, -0.2) is 41.9 Å². The van der Waals surface area contributed by atoms with Gasteiger partial charge in [0.1, 0.15) is 11.5 Å². The quantitative estimate of drug-likeness (QED) is 0.735. The molecule has 2 amide bonds. The van der Waals surface area contributed by atoms with Crippen molar-refractivity contribution in [2.24, 2.45) is 5.73 Å². The van der Waals surface area contributed by atoms with Gasteiger partial charge in [0.2, 0.25) is 11.8 Å². The van der Waals surface area contributed by atoms with Crippen LogP contribution in [0.1, 0.15) is 48.4 Å². The molecule has 6 nitrogen and oxygen atoms in total. The molecule has 32 heavy (non-hydrogen) atoms. The molecule has 0 spiro atoms. The van der Waals surface area contributed by atoms with Crippen molar-refractivity contribution in [2.45, 2.75) is 56.5 Å². The van der Waals surface area contributed by atoms with E-state index in [0.717, 1.165) is 47.9 Å². The minimum absolute atomic E-state index is 0.0734. The summed E-state index contributed by atoms with van der Waals surface area (Å²) in [7, 11) is 0. The molecule has 1 fully saturated rings. The van der Waals surface area contributed by atoms with Crippen LogP contribution in [-0.2, 0) is 27.8 Å². The Bertz CT molecular complexity index is 1010. The summed E-state index contributed by atoms with van der Waals surface area (Å²) in [6, 6.07) is 17.8. The number of nitrogens with zero attached hydrogens (tertiary/aromatic N) is 2. The van der Waals surface area contributed by atoms with Crippen molar-refractivity contribution in [2.75, 3.05) is 13.1 Å². The standard InChI is InChI=1S/C26H30N4O2/c1-18(29-17-24(31)30-14-6-9-21(30)16-27)15-26(25(28)32)22-10-4-2-7-19(22)12-13-20-8-3-5-11-23(20)26/h2-5,7-8,10-11,18,21,29H,6,9,12-15,17H2,1H3,(H2,28,32)/t18-,21+/m1/s1. The van der Waals surface area contributed by atoms with E-state index in [1.165, 1.54) is 0 Å². The molecule has 1 aliphatic carbocycles. The molecule has 1 saturated heterocycles. The van der Waals surface area contributed by atoms with E-state index in [0.29, 0.717) is 13.0 Å². The highest BCUT2D eigenvalue weighted by Crippen LogP contribution is 2.43. The number of nitrogens with one attached hydrogen (secondary N) is 1. The molecule has 0 bridgehead atoms. The number of benzene rings is 2. The van der Waals surface area contributed by atoms with Gasteiger partial charge in [-0.2, -0.15) is 5.26 Å². The van der Waals surface area contributed by atoms with Crippen LogP contribution in [0.25, 0.3) is 0 Å². The van der Waals surface area contributed by atoms with Gasteiger partial charge in [-0.05, 0) is 61.3 Å². The van der Waals surface area contributed by atoms with E-state index >= 15 is 0 Å². The fraction of sp³-hybridized carbons (Fsp3) is 0.423. The fourth-order valence-electron chi connectivity index (χ4n) is 5.40. The SMILES string of the molecule is C[C@H](CC1(C(N)=O)c2ccccc2CCc2ccccc21)NCC(=O)N1CCC[C@H]1C#N. The first kappa shape index (κ1) is 22.0. The van der Waals surface area contributed by atoms with Crippen molar-refractivity contribution >= 4 is 11.8 Å². The number of likely N-dealkylation sites (tertiary alicyclic amines) is 1. The molecule has 1 aliphatic heterocycles. The molecule has 166 valence electrons. The zero-order valence-electron chi connectivity index (χ0n) is 18.5. The maximum Gasteiger partial charge on any atom is 0.237 e. The first-order valence-electron chi connectivity index (χ1n) is 11.4. The molecule has 1 heterocycles. The van der Waals surface area contributed by atoms with Crippen molar-refractivity contribution in [1.29, 1.82) is 5.26 Å². The van der Waals surface area contributed by atoms with Crippen LogP contribution in [0.2, 0.25) is 0 Å². The van der Waals surface area contributed by atoms with Crippen molar-refractivity contribution in [3.8, 4) is 6.07 Å². The van der Waals surface area contributed by atoms with E-state index in [2.05, 4.69) is 23.5 Å². The highest BCUT2D eigenvalue weighted by atomic mass is 16.2. The number of primary amides is 1. The number of nitrogens with two attached hydrogens (primary N) is 1. The summed E-state index contributed by atoms with van der Waals surface area (Å²) in [4.78, 5) is 27.6. The lowest BCUT2D eigenvalue weighted by Crippen LogP contribution is -2.49. The Morgan fingerprint density at radius 2 is 1.75 bits per heavy atom. The van der Waals surface area contributed by atoms with Crippen molar-refractivity contribution in [3.63, 3.8) is 0 Å². The summed E-state index contributed by atoms with van der Waals surface area (Å²) < 4.78 is 0. The second kappa shape index (κ2) is 9.13. The molecule has 3 N–H and O–H groups in total. The topological polar surface area (TPSA) is 99.2 Å². The molecule has 2 aromatic rings. The van der Waals surface area contributed by atoms with Crippen LogP contribution in [0.4, 0.5) is 0 Å². The minimum atomic E-state index is -0.970. The Labute approximate surface area is 189 Å². The van der Waals surface area contributed by atoms with Gasteiger partial charge in [0.05, 0.1) is 12.6 Å². The molecule has 0 unspecified atom stereocenters. The summed E-state index contributed by atoms with van der Waals surface area (Å²) in [5.41, 5.74) is 9.39. The second-order valence-electron chi connectivity index (χ2n) is 8.94. The van der Waals surface area contributed by atoms with Crippen LogP contribution in [0.5, 0.6) is 0 Å². The number of hydrogen-bond donors (Lipinski definition) is 2. The van der Waals surface area contributed by atoms with Gasteiger partial charge >= 0.3 is 0 Å². The fourth-order valence-corrected chi connectivity index (χ4v) is 5.40. The third-order valence-electron chi connectivity index (χ3n) is 6.97. The summed E-state index contributed by atoms with van der Waals surface area (Å²) in [5, 5.41) is 12.6. The van der Waals surface area contributed by atoms with Gasteiger partial charge in [-0.25, -0.2) is 0 Å². The lowest BCUT2D eigenvalue weighted by Gasteiger charge is -2.36. The molecule has 2 atom stereocenters. The number of carbonyl (C=O) groups excluding carboxylic acids is 2. The lowest BCUT2D eigenvalue weighted by atomic mass is 9.68. The zero-order chi connectivity index (χ0) is 22.7. The predicted molar refractivity (Wildman–Crippen MR) is 123 cm³/mol. The molecule has 0 aromatic heterocycles. The molecular formula is C26H30N4O2. The van der Waals surface area contributed by atoms with Crippen LogP contribution >= 0.6 is 0 Å². The first-order valence-corrected chi connectivity index (χ1v) is 11.4. The van der Waals surface area contributed by atoms with E-state index in [9.17, 15) is 14.9 Å². The largest absolute Gasteiger partial charge is 0.369 e. The summed E-state index contributed by atoms with van der Waals surface area (Å²) in [6.45, 7) is 2.75.